The number of ether oxygens (including phenoxy) is 2. The number of esters is 1. The van der Waals surface area contributed by atoms with Crippen LogP contribution in [0.15, 0.2) is 48.7 Å². The van der Waals surface area contributed by atoms with Crippen LogP contribution in [0.3, 0.4) is 0 Å². The fraction of sp³-hybridized carbons (Fsp3) is 0.235. The molecule has 0 aliphatic heterocycles. The molecule has 6 nitrogen and oxygen atoms in total. The summed E-state index contributed by atoms with van der Waals surface area (Å²) in [5.41, 5.74) is 0.682. The minimum Gasteiger partial charge on any atom is -0.492 e. The number of amides is 1. The van der Waals surface area contributed by atoms with Crippen LogP contribution in [0.5, 0.6) is 5.75 Å². The van der Waals surface area contributed by atoms with Crippen molar-refractivity contribution in [2.45, 2.75) is 20.0 Å². The molecule has 1 aromatic carbocycles. The molecule has 6 heteroatoms. The Labute approximate surface area is 134 Å². The number of nitrogens with one attached hydrogen (secondary N) is 1. The highest BCUT2D eigenvalue weighted by Crippen LogP contribution is 2.23. The van der Waals surface area contributed by atoms with Crippen LogP contribution in [0.2, 0.25) is 0 Å². The standard InChI is InChI=1S/C17H18N2O4/c1-3-22-15-10-5-4-8-13(15)19-16(20)12(2)23-17(21)14-9-6-7-11-18-14/h4-12H,3H2,1-2H3,(H,19,20). The van der Waals surface area contributed by atoms with Crippen molar-refractivity contribution in [3.63, 3.8) is 0 Å². The number of pyridine rings is 1. The quantitative estimate of drug-likeness (QED) is 0.829. The Morgan fingerprint density at radius 3 is 2.61 bits per heavy atom. The van der Waals surface area contributed by atoms with Gasteiger partial charge in [0.05, 0.1) is 12.3 Å². The zero-order chi connectivity index (χ0) is 16.7. The molecule has 0 aliphatic carbocycles. The number of aromatic nitrogens is 1. The van der Waals surface area contributed by atoms with E-state index in [1.165, 1.54) is 19.2 Å². The Morgan fingerprint density at radius 2 is 1.91 bits per heavy atom. The first kappa shape index (κ1) is 16.5. The van der Waals surface area contributed by atoms with Gasteiger partial charge in [-0.15, -0.1) is 0 Å². The minimum atomic E-state index is -0.959. The normalized spacial score (nSPS) is 11.4. The highest BCUT2D eigenvalue weighted by molar-refractivity contribution is 5.97. The Hall–Kier alpha value is -2.89. The van der Waals surface area contributed by atoms with Crippen LogP contribution in [0.4, 0.5) is 5.69 Å². The first-order valence-electron chi connectivity index (χ1n) is 7.26. The maximum absolute atomic E-state index is 12.2. The zero-order valence-electron chi connectivity index (χ0n) is 13.0. The van der Waals surface area contributed by atoms with Gasteiger partial charge in [0.15, 0.2) is 6.10 Å². The highest BCUT2D eigenvalue weighted by atomic mass is 16.5. The number of hydrogen-bond acceptors (Lipinski definition) is 5. The van der Waals surface area contributed by atoms with E-state index in [2.05, 4.69) is 10.3 Å². The number of benzene rings is 1. The summed E-state index contributed by atoms with van der Waals surface area (Å²) in [7, 11) is 0. The van der Waals surface area contributed by atoms with Gasteiger partial charge in [-0.3, -0.25) is 4.79 Å². The van der Waals surface area contributed by atoms with Gasteiger partial charge >= 0.3 is 5.97 Å². The molecule has 23 heavy (non-hydrogen) atoms. The molecule has 1 unspecified atom stereocenters. The lowest BCUT2D eigenvalue weighted by Gasteiger charge is -2.15. The first-order chi connectivity index (χ1) is 11.1. The summed E-state index contributed by atoms with van der Waals surface area (Å²) in [5, 5.41) is 2.69. The summed E-state index contributed by atoms with van der Waals surface area (Å²) >= 11 is 0. The van der Waals surface area contributed by atoms with Gasteiger partial charge in [0.2, 0.25) is 0 Å². The zero-order valence-corrected chi connectivity index (χ0v) is 13.0. The Bertz CT molecular complexity index is 673. The van der Waals surface area contributed by atoms with Crippen LogP contribution in [-0.2, 0) is 9.53 Å². The van der Waals surface area contributed by atoms with Gasteiger partial charge < -0.3 is 14.8 Å². The van der Waals surface area contributed by atoms with Crippen molar-refractivity contribution in [3.05, 3.63) is 54.4 Å². The van der Waals surface area contributed by atoms with Gasteiger partial charge in [-0.2, -0.15) is 0 Å². The van der Waals surface area contributed by atoms with Crippen LogP contribution in [0, 0.1) is 0 Å². The Morgan fingerprint density at radius 1 is 1.17 bits per heavy atom. The van der Waals surface area contributed by atoms with Gasteiger partial charge in [-0.1, -0.05) is 18.2 Å². The average Bonchev–Trinajstić information content (AvgIpc) is 2.57. The Balaban J connectivity index is 1.99. The topological polar surface area (TPSA) is 77.5 Å². The first-order valence-corrected chi connectivity index (χ1v) is 7.26. The molecule has 120 valence electrons. The van der Waals surface area contributed by atoms with E-state index in [1.807, 2.05) is 13.0 Å². The molecule has 0 saturated heterocycles. The summed E-state index contributed by atoms with van der Waals surface area (Å²) in [4.78, 5) is 28.0. The molecule has 1 atom stereocenters. The summed E-state index contributed by atoms with van der Waals surface area (Å²) in [5.74, 6) is -0.528. The summed E-state index contributed by atoms with van der Waals surface area (Å²) in [6.07, 6.45) is 0.527. The van der Waals surface area contributed by atoms with E-state index in [4.69, 9.17) is 9.47 Å². The van der Waals surface area contributed by atoms with Crippen LogP contribution >= 0.6 is 0 Å². The molecule has 0 aliphatic rings. The third kappa shape index (κ3) is 4.54. The second-order valence-electron chi connectivity index (χ2n) is 4.68. The third-order valence-corrected chi connectivity index (χ3v) is 2.97. The van der Waals surface area contributed by atoms with Crippen LogP contribution in [-0.4, -0.2) is 29.6 Å². The van der Waals surface area contributed by atoms with Gasteiger partial charge in [0, 0.05) is 6.20 Å². The van der Waals surface area contributed by atoms with Gasteiger partial charge in [0.1, 0.15) is 11.4 Å². The fourth-order valence-electron chi connectivity index (χ4n) is 1.84. The molecule has 0 saturated carbocycles. The molecule has 2 rings (SSSR count). The van der Waals surface area contributed by atoms with E-state index < -0.39 is 18.0 Å². The van der Waals surface area contributed by atoms with E-state index in [0.29, 0.717) is 18.0 Å². The van der Waals surface area contributed by atoms with E-state index in [-0.39, 0.29) is 5.69 Å². The molecule has 0 fully saturated rings. The van der Waals surface area contributed by atoms with Crippen molar-refractivity contribution >= 4 is 17.6 Å². The van der Waals surface area contributed by atoms with E-state index in [9.17, 15) is 9.59 Å². The summed E-state index contributed by atoms with van der Waals surface area (Å²) in [6, 6.07) is 12.0. The van der Waals surface area contributed by atoms with Crippen molar-refractivity contribution < 1.29 is 19.1 Å². The smallest absolute Gasteiger partial charge is 0.357 e. The molecule has 1 heterocycles. The largest absolute Gasteiger partial charge is 0.492 e. The van der Waals surface area contributed by atoms with E-state index in [0.717, 1.165) is 0 Å². The second-order valence-corrected chi connectivity index (χ2v) is 4.68. The monoisotopic (exact) mass is 314 g/mol. The van der Waals surface area contributed by atoms with E-state index in [1.54, 1.807) is 30.3 Å². The second kappa shape index (κ2) is 7.93. The predicted molar refractivity (Wildman–Crippen MR) is 85.4 cm³/mol. The molecule has 0 radical (unpaired) electrons. The average molecular weight is 314 g/mol. The number of anilines is 1. The van der Waals surface area contributed by atoms with Gasteiger partial charge in [0.25, 0.3) is 5.91 Å². The lowest BCUT2D eigenvalue weighted by Crippen LogP contribution is -2.30. The molecule has 0 spiro atoms. The van der Waals surface area contributed by atoms with Crippen LogP contribution in [0.1, 0.15) is 24.3 Å². The summed E-state index contributed by atoms with van der Waals surface area (Å²) < 4.78 is 10.6. The molecule has 1 amide bonds. The van der Waals surface area contributed by atoms with Gasteiger partial charge in [-0.25, -0.2) is 9.78 Å². The minimum absolute atomic E-state index is 0.155. The molecule has 1 N–H and O–H groups in total. The lowest BCUT2D eigenvalue weighted by molar-refractivity contribution is -0.123. The van der Waals surface area contributed by atoms with Crippen molar-refractivity contribution in [1.29, 1.82) is 0 Å². The summed E-state index contributed by atoms with van der Waals surface area (Å²) in [6.45, 7) is 3.84. The third-order valence-electron chi connectivity index (χ3n) is 2.97. The predicted octanol–water partition coefficient (Wildman–Crippen LogP) is 2.66. The van der Waals surface area contributed by atoms with Gasteiger partial charge in [-0.05, 0) is 38.1 Å². The molecular weight excluding hydrogens is 296 g/mol. The number of rotatable bonds is 6. The number of hydrogen-bond donors (Lipinski definition) is 1. The fourth-order valence-corrected chi connectivity index (χ4v) is 1.84. The van der Waals surface area contributed by atoms with Crippen molar-refractivity contribution in [3.8, 4) is 5.75 Å². The number of nitrogens with zero attached hydrogens (tertiary/aromatic N) is 1. The molecule has 2 aromatic rings. The van der Waals surface area contributed by atoms with Crippen molar-refractivity contribution in [2.75, 3.05) is 11.9 Å². The Kier molecular flexibility index (Phi) is 5.68. The number of carbonyl (C=O) groups is 2. The molecule has 1 aromatic heterocycles. The van der Waals surface area contributed by atoms with Crippen molar-refractivity contribution in [1.82, 2.24) is 4.98 Å². The maximum atomic E-state index is 12.2. The van der Waals surface area contributed by atoms with E-state index >= 15 is 0 Å². The van der Waals surface area contributed by atoms with Crippen molar-refractivity contribution in [2.24, 2.45) is 0 Å². The number of carbonyl (C=O) groups excluding carboxylic acids is 2. The highest BCUT2D eigenvalue weighted by Gasteiger charge is 2.20. The van der Waals surface area contributed by atoms with Crippen LogP contribution < -0.4 is 10.1 Å². The molecule has 0 bridgehead atoms. The maximum Gasteiger partial charge on any atom is 0.357 e. The lowest BCUT2D eigenvalue weighted by atomic mass is 10.2. The SMILES string of the molecule is CCOc1ccccc1NC(=O)C(C)OC(=O)c1ccccn1. The molecular formula is C17H18N2O4. The number of para-hydroxylation sites is 2. The van der Waals surface area contributed by atoms with Crippen LogP contribution in [0.25, 0.3) is 0 Å².